The average molecular weight is 248 g/mol. The Labute approximate surface area is 84.2 Å². The first-order valence-corrected chi connectivity index (χ1v) is 5.80. The van der Waals surface area contributed by atoms with E-state index in [9.17, 15) is 0 Å². The quantitative estimate of drug-likeness (QED) is 0.827. The molecule has 1 fully saturated rings. The highest BCUT2D eigenvalue weighted by molar-refractivity contribution is 9.10. The van der Waals surface area contributed by atoms with Crippen molar-refractivity contribution in [2.75, 3.05) is 12.3 Å². The summed E-state index contributed by atoms with van der Waals surface area (Å²) in [6.07, 6.45) is 1.25. The van der Waals surface area contributed by atoms with Crippen LogP contribution in [0.4, 0.5) is 0 Å². The maximum atomic E-state index is 5.46. The van der Waals surface area contributed by atoms with Gasteiger partial charge in [-0.25, -0.2) is 0 Å². The van der Waals surface area contributed by atoms with Crippen LogP contribution in [0.2, 0.25) is 0 Å². The molecule has 0 aliphatic carbocycles. The second-order valence-corrected chi connectivity index (χ2v) is 4.69. The molecule has 0 amide bonds. The molecule has 0 aromatic carbocycles. The fraction of sp³-hybridized carbons (Fsp3) is 0.500. The number of halogens is 1. The van der Waals surface area contributed by atoms with Gasteiger partial charge < -0.3 is 4.42 Å². The van der Waals surface area contributed by atoms with Gasteiger partial charge >= 0.3 is 0 Å². The molecule has 2 nitrogen and oxygen atoms in total. The molecule has 2 heterocycles. The topological polar surface area (TPSA) is 25.2 Å². The lowest BCUT2D eigenvalue weighted by Gasteiger charge is -2.20. The Morgan fingerprint density at radius 2 is 2.50 bits per heavy atom. The van der Waals surface area contributed by atoms with Gasteiger partial charge in [0.05, 0.1) is 0 Å². The van der Waals surface area contributed by atoms with Crippen molar-refractivity contribution in [3.05, 3.63) is 22.6 Å². The molecule has 0 spiro atoms. The van der Waals surface area contributed by atoms with Gasteiger partial charge in [-0.1, -0.05) is 0 Å². The molecule has 1 atom stereocenters. The summed E-state index contributed by atoms with van der Waals surface area (Å²) < 4.78 is 6.27. The van der Waals surface area contributed by atoms with E-state index in [2.05, 4.69) is 21.2 Å². The molecular weight excluding hydrogens is 238 g/mol. The first-order chi connectivity index (χ1) is 5.86. The predicted octanol–water partition coefficient (Wildman–Crippen LogP) is 2.77. The SMILES string of the molecule is Brc1ccc(C2NCCCS2)o1. The molecule has 1 aromatic rings. The van der Waals surface area contributed by atoms with E-state index >= 15 is 0 Å². The smallest absolute Gasteiger partial charge is 0.169 e. The first kappa shape index (κ1) is 8.66. The number of nitrogens with one attached hydrogen (secondary N) is 1. The zero-order chi connectivity index (χ0) is 8.39. The molecule has 0 saturated carbocycles. The normalized spacial score (nSPS) is 24.2. The summed E-state index contributed by atoms with van der Waals surface area (Å²) in [6, 6.07) is 3.95. The van der Waals surface area contributed by atoms with Gasteiger partial charge in [0.25, 0.3) is 0 Å². The Hall–Kier alpha value is 0.0700. The van der Waals surface area contributed by atoms with E-state index in [0.717, 1.165) is 17.0 Å². The number of rotatable bonds is 1. The molecule has 2 rings (SSSR count). The maximum absolute atomic E-state index is 5.46. The van der Waals surface area contributed by atoms with Crippen molar-refractivity contribution in [3.8, 4) is 0 Å². The Bertz CT molecular complexity index is 257. The van der Waals surface area contributed by atoms with Crippen molar-refractivity contribution in [1.82, 2.24) is 5.32 Å². The first-order valence-electron chi connectivity index (χ1n) is 3.96. The minimum absolute atomic E-state index is 0.352. The van der Waals surface area contributed by atoms with Gasteiger partial charge in [0.2, 0.25) is 0 Å². The van der Waals surface area contributed by atoms with Crippen LogP contribution in [-0.2, 0) is 0 Å². The lowest BCUT2D eigenvalue weighted by Crippen LogP contribution is -2.24. The zero-order valence-electron chi connectivity index (χ0n) is 6.55. The summed E-state index contributed by atoms with van der Waals surface area (Å²) in [4.78, 5) is 0. The average Bonchev–Trinajstić information content (AvgIpc) is 2.54. The van der Waals surface area contributed by atoms with E-state index in [1.165, 1.54) is 12.2 Å². The van der Waals surface area contributed by atoms with E-state index in [1.807, 2.05) is 23.9 Å². The van der Waals surface area contributed by atoms with Crippen LogP contribution in [0.3, 0.4) is 0 Å². The highest BCUT2D eigenvalue weighted by Gasteiger charge is 2.17. The molecule has 0 bridgehead atoms. The molecule has 1 aromatic heterocycles. The molecule has 1 unspecified atom stereocenters. The molecule has 1 aliphatic heterocycles. The third-order valence-corrected chi connectivity index (χ3v) is 3.47. The summed E-state index contributed by atoms with van der Waals surface area (Å²) in [6.45, 7) is 1.09. The fourth-order valence-corrected chi connectivity index (χ4v) is 2.61. The zero-order valence-corrected chi connectivity index (χ0v) is 8.95. The largest absolute Gasteiger partial charge is 0.452 e. The van der Waals surface area contributed by atoms with Gasteiger partial charge in [-0.2, -0.15) is 0 Å². The Kier molecular flexibility index (Phi) is 2.78. The van der Waals surface area contributed by atoms with Crippen molar-refractivity contribution < 1.29 is 4.42 Å². The summed E-state index contributed by atoms with van der Waals surface area (Å²) in [5.74, 6) is 2.24. The Morgan fingerprint density at radius 1 is 1.58 bits per heavy atom. The van der Waals surface area contributed by atoms with Crippen molar-refractivity contribution >= 4 is 27.7 Å². The van der Waals surface area contributed by atoms with Crippen molar-refractivity contribution in [1.29, 1.82) is 0 Å². The third kappa shape index (κ3) is 1.87. The number of hydrogen-bond donors (Lipinski definition) is 1. The molecule has 66 valence electrons. The van der Waals surface area contributed by atoms with Gasteiger partial charge in [0, 0.05) is 0 Å². The van der Waals surface area contributed by atoms with Gasteiger partial charge in [-0.05, 0) is 46.8 Å². The van der Waals surface area contributed by atoms with Crippen molar-refractivity contribution in [2.45, 2.75) is 11.8 Å². The maximum Gasteiger partial charge on any atom is 0.169 e. The summed E-state index contributed by atoms with van der Waals surface area (Å²) in [5.41, 5.74) is 0. The van der Waals surface area contributed by atoms with Gasteiger partial charge in [-0.15, -0.1) is 11.8 Å². The lowest BCUT2D eigenvalue weighted by molar-refractivity contribution is 0.456. The second kappa shape index (κ2) is 3.85. The van der Waals surface area contributed by atoms with Crippen LogP contribution < -0.4 is 5.32 Å². The standard InChI is InChI=1S/C8H10BrNOS/c9-7-3-2-6(11-7)8-10-4-1-5-12-8/h2-3,8,10H,1,4-5H2. The van der Waals surface area contributed by atoms with Crippen LogP contribution in [0.25, 0.3) is 0 Å². The molecule has 4 heteroatoms. The monoisotopic (exact) mass is 247 g/mol. The summed E-state index contributed by atoms with van der Waals surface area (Å²) in [5, 5.41) is 3.75. The molecule has 1 N–H and O–H groups in total. The van der Waals surface area contributed by atoms with Crippen LogP contribution in [-0.4, -0.2) is 12.3 Å². The van der Waals surface area contributed by atoms with E-state index in [1.54, 1.807) is 0 Å². The van der Waals surface area contributed by atoms with Crippen molar-refractivity contribution in [2.24, 2.45) is 0 Å². The molecule has 1 saturated heterocycles. The van der Waals surface area contributed by atoms with Gasteiger partial charge in [0.15, 0.2) is 4.67 Å². The van der Waals surface area contributed by atoms with Crippen LogP contribution in [0.1, 0.15) is 17.6 Å². The molecule has 1 aliphatic rings. The summed E-state index contributed by atoms with van der Waals surface area (Å²) >= 11 is 5.20. The minimum atomic E-state index is 0.352. The molecule has 12 heavy (non-hydrogen) atoms. The second-order valence-electron chi connectivity index (χ2n) is 2.70. The lowest BCUT2D eigenvalue weighted by atomic mass is 10.4. The molecular formula is C8H10BrNOS. The number of furan rings is 1. The Morgan fingerprint density at radius 3 is 3.08 bits per heavy atom. The number of hydrogen-bond acceptors (Lipinski definition) is 3. The van der Waals surface area contributed by atoms with Crippen LogP contribution in [0, 0.1) is 0 Å². The summed E-state index contributed by atoms with van der Waals surface area (Å²) in [7, 11) is 0. The van der Waals surface area contributed by atoms with E-state index in [0.29, 0.717) is 5.37 Å². The third-order valence-electron chi connectivity index (χ3n) is 1.79. The Balaban J connectivity index is 2.08. The van der Waals surface area contributed by atoms with E-state index in [-0.39, 0.29) is 0 Å². The fourth-order valence-electron chi connectivity index (χ4n) is 1.22. The van der Waals surface area contributed by atoms with Crippen LogP contribution in [0.5, 0.6) is 0 Å². The predicted molar refractivity (Wildman–Crippen MR) is 54.2 cm³/mol. The minimum Gasteiger partial charge on any atom is -0.452 e. The highest BCUT2D eigenvalue weighted by Crippen LogP contribution is 2.31. The van der Waals surface area contributed by atoms with Crippen molar-refractivity contribution in [3.63, 3.8) is 0 Å². The van der Waals surface area contributed by atoms with Crippen LogP contribution >= 0.6 is 27.7 Å². The highest BCUT2D eigenvalue weighted by atomic mass is 79.9. The van der Waals surface area contributed by atoms with Gasteiger partial charge in [0.1, 0.15) is 11.1 Å². The number of thioether (sulfide) groups is 1. The van der Waals surface area contributed by atoms with E-state index < -0.39 is 0 Å². The molecule has 0 radical (unpaired) electrons. The van der Waals surface area contributed by atoms with Gasteiger partial charge in [-0.3, -0.25) is 5.32 Å². The van der Waals surface area contributed by atoms with E-state index in [4.69, 9.17) is 4.42 Å². The van der Waals surface area contributed by atoms with Crippen LogP contribution in [0.15, 0.2) is 21.2 Å².